The summed E-state index contributed by atoms with van der Waals surface area (Å²) in [6.07, 6.45) is 1.35. The SMILES string of the molecule is O=C1OC(c2c(-c3ccccc3)[nH]c3cc(Cl)ccc23)C=C1c1c(-c2ccccc2)[nH]c2cc(Cl)ccc12. The van der Waals surface area contributed by atoms with E-state index in [2.05, 4.69) is 9.97 Å². The van der Waals surface area contributed by atoms with Crippen LogP contribution in [-0.4, -0.2) is 15.9 Å². The van der Waals surface area contributed by atoms with E-state index in [0.29, 0.717) is 15.6 Å². The fraction of sp³-hybridized carbons (Fsp3) is 0.0312. The summed E-state index contributed by atoms with van der Waals surface area (Å²) in [5, 5.41) is 3.12. The average Bonchev–Trinajstić information content (AvgIpc) is 3.61. The molecule has 0 radical (unpaired) electrons. The van der Waals surface area contributed by atoms with Crippen LogP contribution in [-0.2, 0) is 9.53 Å². The molecule has 2 aromatic heterocycles. The molecular formula is C32H20Cl2N2O2. The highest BCUT2D eigenvalue weighted by atomic mass is 35.5. The monoisotopic (exact) mass is 534 g/mol. The van der Waals surface area contributed by atoms with Gasteiger partial charge in [0.1, 0.15) is 6.10 Å². The van der Waals surface area contributed by atoms with Crippen LogP contribution in [0.2, 0.25) is 10.0 Å². The Kier molecular flexibility index (Phi) is 5.39. The molecule has 6 aromatic rings. The van der Waals surface area contributed by atoms with Crippen molar-refractivity contribution in [3.05, 3.63) is 124 Å². The van der Waals surface area contributed by atoms with Gasteiger partial charge < -0.3 is 14.7 Å². The number of hydrogen-bond acceptors (Lipinski definition) is 2. The van der Waals surface area contributed by atoms with Crippen LogP contribution in [0.1, 0.15) is 17.2 Å². The zero-order chi connectivity index (χ0) is 25.8. The van der Waals surface area contributed by atoms with E-state index in [4.69, 9.17) is 27.9 Å². The number of hydrogen-bond donors (Lipinski definition) is 2. The van der Waals surface area contributed by atoms with Crippen molar-refractivity contribution in [2.75, 3.05) is 0 Å². The van der Waals surface area contributed by atoms with Crippen molar-refractivity contribution in [1.29, 1.82) is 0 Å². The molecule has 1 atom stereocenters. The van der Waals surface area contributed by atoms with Gasteiger partial charge in [0.05, 0.1) is 17.0 Å². The first-order valence-electron chi connectivity index (χ1n) is 12.2. The van der Waals surface area contributed by atoms with Crippen molar-refractivity contribution in [3.8, 4) is 22.5 Å². The standard InChI is InChI=1S/C32H20Cl2N2O2/c33-20-11-13-22-25(15-20)35-30(18-7-3-1-4-8-18)28(22)24-17-27(38-32(24)37)29-23-14-12-21(34)16-26(23)36-31(29)19-9-5-2-6-10-19/h1-17,27,35-36H. The van der Waals surface area contributed by atoms with Gasteiger partial charge in [-0.25, -0.2) is 4.79 Å². The molecule has 0 aliphatic carbocycles. The van der Waals surface area contributed by atoms with Crippen LogP contribution < -0.4 is 0 Å². The van der Waals surface area contributed by atoms with E-state index in [1.165, 1.54) is 0 Å². The predicted octanol–water partition coefficient (Wildman–Crippen LogP) is 8.97. The maximum absolute atomic E-state index is 13.5. The van der Waals surface area contributed by atoms with E-state index >= 15 is 0 Å². The highest BCUT2D eigenvalue weighted by Gasteiger charge is 2.34. The van der Waals surface area contributed by atoms with Crippen LogP contribution in [0.15, 0.2) is 103 Å². The molecule has 0 spiro atoms. The molecular weight excluding hydrogens is 515 g/mol. The van der Waals surface area contributed by atoms with Crippen molar-refractivity contribution in [3.63, 3.8) is 0 Å². The maximum atomic E-state index is 13.5. The molecule has 1 aliphatic rings. The predicted molar refractivity (Wildman–Crippen MR) is 154 cm³/mol. The number of benzene rings is 4. The number of aromatic nitrogens is 2. The Bertz CT molecular complexity index is 1890. The van der Waals surface area contributed by atoms with Gasteiger partial charge in [-0.15, -0.1) is 0 Å². The summed E-state index contributed by atoms with van der Waals surface area (Å²) in [7, 11) is 0. The van der Waals surface area contributed by atoms with E-state index < -0.39 is 6.10 Å². The fourth-order valence-electron chi connectivity index (χ4n) is 5.35. The molecule has 0 amide bonds. The molecule has 3 heterocycles. The minimum atomic E-state index is -0.580. The highest BCUT2D eigenvalue weighted by Crippen LogP contribution is 2.45. The lowest BCUT2D eigenvalue weighted by atomic mass is 9.96. The van der Waals surface area contributed by atoms with E-state index in [1.807, 2.05) is 103 Å². The average molecular weight is 535 g/mol. The van der Waals surface area contributed by atoms with Gasteiger partial charge in [-0.05, 0) is 41.5 Å². The Morgan fingerprint density at radius 1 is 0.658 bits per heavy atom. The van der Waals surface area contributed by atoms with Crippen LogP contribution in [0.4, 0.5) is 0 Å². The van der Waals surface area contributed by atoms with Gasteiger partial charge >= 0.3 is 5.97 Å². The lowest BCUT2D eigenvalue weighted by Gasteiger charge is -2.11. The maximum Gasteiger partial charge on any atom is 0.339 e. The molecule has 4 nitrogen and oxygen atoms in total. The number of carbonyl (C=O) groups excluding carboxylic acids is 1. The smallest absolute Gasteiger partial charge is 0.339 e. The van der Waals surface area contributed by atoms with Crippen LogP contribution >= 0.6 is 23.2 Å². The molecule has 6 heteroatoms. The minimum Gasteiger partial charge on any atom is -0.449 e. The van der Waals surface area contributed by atoms with E-state index in [9.17, 15) is 4.79 Å². The lowest BCUT2D eigenvalue weighted by Crippen LogP contribution is -2.03. The van der Waals surface area contributed by atoms with Crippen LogP contribution in [0.5, 0.6) is 0 Å². The van der Waals surface area contributed by atoms with Gasteiger partial charge in [-0.1, -0.05) is 96.0 Å². The minimum absolute atomic E-state index is 0.370. The number of halogens is 2. The molecule has 1 aliphatic heterocycles. The van der Waals surface area contributed by atoms with Crippen LogP contribution in [0, 0.1) is 0 Å². The van der Waals surface area contributed by atoms with E-state index in [0.717, 1.165) is 55.4 Å². The van der Waals surface area contributed by atoms with Crippen molar-refractivity contribution >= 4 is 56.6 Å². The number of cyclic esters (lactones) is 1. The molecule has 0 saturated carbocycles. The number of esters is 1. The number of fused-ring (bicyclic) bond motifs is 2. The molecule has 0 bridgehead atoms. The van der Waals surface area contributed by atoms with Crippen LogP contribution in [0.25, 0.3) is 49.9 Å². The lowest BCUT2D eigenvalue weighted by molar-refractivity contribution is -0.137. The summed E-state index contributed by atoms with van der Waals surface area (Å²) >= 11 is 12.6. The van der Waals surface area contributed by atoms with Crippen molar-refractivity contribution < 1.29 is 9.53 Å². The zero-order valence-corrected chi connectivity index (χ0v) is 21.5. The Hall–Kier alpha value is -4.25. The number of H-pyrrole nitrogens is 2. The molecule has 7 rings (SSSR count). The summed E-state index contributed by atoms with van der Waals surface area (Å²) in [5.41, 5.74) is 7.68. The number of nitrogens with one attached hydrogen (secondary N) is 2. The number of ether oxygens (including phenoxy) is 1. The van der Waals surface area contributed by atoms with E-state index in [1.54, 1.807) is 0 Å². The first-order chi connectivity index (χ1) is 18.6. The molecule has 0 fully saturated rings. The van der Waals surface area contributed by atoms with Gasteiger partial charge in [-0.2, -0.15) is 0 Å². The van der Waals surface area contributed by atoms with Gasteiger partial charge in [0.25, 0.3) is 0 Å². The first kappa shape index (κ1) is 22.9. The summed E-state index contributed by atoms with van der Waals surface area (Å²) in [4.78, 5) is 20.5. The van der Waals surface area contributed by atoms with Crippen molar-refractivity contribution in [1.82, 2.24) is 9.97 Å². The van der Waals surface area contributed by atoms with Crippen molar-refractivity contribution in [2.24, 2.45) is 0 Å². The molecule has 184 valence electrons. The molecule has 2 N–H and O–H groups in total. The summed E-state index contributed by atoms with van der Waals surface area (Å²) in [6, 6.07) is 31.4. The van der Waals surface area contributed by atoms with Gasteiger partial charge in [0, 0.05) is 43.0 Å². The topological polar surface area (TPSA) is 57.9 Å². The Morgan fingerprint density at radius 2 is 1.21 bits per heavy atom. The largest absolute Gasteiger partial charge is 0.449 e. The second-order valence-corrected chi connectivity index (χ2v) is 10.2. The normalized spacial score (nSPS) is 15.3. The summed E-state index contributed by atoms with van der Waals surface area (Å²) in [5.74, 6) is -0.370. The molecule has 0 saturated heterocycles. The van der Waals surface area contributed by atoms with Crippen LogP contribution in [0.3, 0.4) is 0 Å². The quantitative estimate of drug-likeness (QED) is 0.221. The third kappa shape index (κ3) is 3.73. The van der Waals surface area contributed by atoms with Crippen molar-refractivity contribution in [2.45, 2.75) is 6.10 Å². The third-order valence-corrected chi connectivity index (χ3v) is 7.48. The Balaban J connectivity index is 1.45. The van der Waals surface area contributed by atoms with Gasteiger partial charge in [-0.3, -0.25) is 0 Å². The second-order valence-electron chi connectivity index (χ2n) is 9.31. The third-order valence-electron chi connectivity index (χ3n) is 7.01. The second kappa shape index (κ2) is 8.95. The van der Waals surface area contributed by atoms with Gasteiger partial charge in [0.2, 0.25) is 0 Å². The number of rotatable bonds is 4. The summed E-state index contributed by atoms with van der Waals surface area (Å²) < 4.78 is 6.08. The zero-order valence-electron chi connectivity index (χ0n) is 20.0. The van der Waals surface area contributed by atoms with E-state index in [-0.39, 0.29) is 5.97 Å². The molecule has 1 unspecified atom stereocenters. The Labute approximate surface area is 228 Å². The highest BCUT2D eigenvalue weighted by molar-refractivity contribution is 6.32. The Morgan fingerprint density at radius 3 is 1.87 bits per heavy atom. The van der Waals surface area contributed by atoms with Gasteiger partial charge in [0.15, 0.2) is 0 Å². The fourth-order valence-corrected chi connectivity index (χ4v) is 5.69. The molecule has 4 aromatic carbocycles. The number of aromatic amines is 2. The summed E-state index contributed by atoms with van der Waals surface area (Å²) in [6.45, 7) is 0. The number of carbonyl (C=O) groups is 1. The molecule has 38 heavy (non-hydrogen) atoms. The first-order valence-corrected chi connectivity index (χ1v) is 13.0.